The van der Waals surface area contributed by atoms with Crippen molar-refractivity contribution in [2.45, 2.75) is 6.42 Å². The highest BCUT2D eigenvalue weighted by atomic mass is 16.1. The minimum atomic E-state index is -0.139. The summed E-state index contributed by atoms with van der Waals surface area (Å²) in [5.74, 6) is -0.139. The second kappa shape index (κ2) is 5.08. The number of amides is 1. The minimum Gasteiger partial charge on any atom is -0.397 e. The van der Waals surface area contributed by atoms with Gasteiger partial charge >= 0.3 is 0 Å². The fraction of sp³-hybridized carbons (Fsp3) is 0.143. The SMILES string of the molecule is Nc1cccc2cc(C(=O)NCCc3cnc[nH]3)[nH]c12. The van der Waals surface area contributed by atoms with Gasteiger partial charge in [0, 0.05) is 30.2 Å². The normalized spacial score (nSPS) is 10.8. The van der Waals surface area contributed by atoms with Gasteiger partial charge in [0.2, 0.25) is 0 Å². The van der Waals surface area contributed by atoms with Gasteiger partial charge in [-0.3, -0.25) is 4.79 Å². The number of rotatable bonds is 4. The van der Waals surface area contributed by atoms with Crippen molar-refractivity contribution in [2.75, 3.05) is 12.3 Å². The molecule has 0 saturated heterocycles. The molecule has 0 atom stereocenters. The summed E-state index contributed by atoms with van der Waals surface area (Å²) in [4.78, 5) is 22.0. The molecule has 0 aliphatic carbocycles. The standard InChI is InChI=1S/C14H15N5O/c15-11-3-1-2-9-6-12(19-13(9)11)14(20)17-5-4-10-7-16-8-18-10/h1-3,6-8,19H,4-5,15H2,(H,16,18)(H,17,20). The smallest absolute Gasteiger partial charge is 0.267 e. The summed E-state index contributed by atoms with van der Waals surface area (Å²) in [6.07, 6.45) is 4.08. The van der Waals surface area contributed by atoms with E-state index in [1.54, 1.807) is 24.7 Å². The molecule has 0 radical (unpaired) electrons. The highest BCUT2D eigenvalue weighted by molar-refractivity contribution is 6.00. The van der Waals surface area contributed by atoms with Gasteiger partial charge in [-0.15, -0.1) is 0 Å². The van der Waals surface area contributed by atoms with Crippen LogP contribution in [-0.2, 0) is 6.42 Å². The number of nitrogens with two attached hydrogens (primary N) is 1. The Kier molecular flexibility index (Phi) is 3.12. The first-order valence-electron chi connectivity index (χ1n) is 6.37. The zero-order chi connectivity index (χ0) is 13.9. The number of H-pyrrole nitrogens is 2. The molecule has 0 saturated carbocycles. The highest BCUT2D eigenvalue weighted by Gasteiger charge is 2.10. The Morgan fingerprint density at radius 1 is 1.40 bits per heavy atom. The van der Waals surface area contributed by atoms with Gasteiger partial charge in [-0.1, -0.05) is 12.1 Å². The predicted octanol–water partition coefficient (Wildman–Crippen LogP) is 1.45. The fourth-order valence-corrected chi connectivity index (χ4v) is 2.13. The van der Waals surface area contributed by atoms with E-state index in [4.69, 9.17) is 5.73 Å². The van der Waals surface area contributed by atoms with E-state index in [-0.39, 0.29) is 5.91 Å². The van der Waals surface area contributed by atoms with Crippen molar-refractivity contribution in [3.8, 4) is 0 Å². The molecule has 1 amide bonds. The first-order chi connectivity index (χ1) is 9.74. The first kappa shape index (κ1) is 12.3. The number of fused-ring (bicyclic) bond motifs is 1. The minimum absolute atomic E-state index is 0.139. The number of carbonyl (C=O) groups is 1. The number of hydrogen-bond acceptors (Lipinski definition) is 3. The molecule has 0 unspecified atom stereocenters. The lowest BCUT2D eigenvalue weighted by molar-refractivity contribution is 0.0950. The number of hydrogen-bond donors (Lipinski definition) is 4. The van der Waals surface area contributed by atoms with Crippen LogP contribution >= 0.6 is 0 Å². The summed E-state index contributed by atoms with van der Waals surface area (Å²) in [6, 6.07) is 7.39. The maximum absolute atomic E-state index is 12.0. The van der Waals surface area contributed by atoms with E-state index in [2.05, 4.69) is 20.3 Å². The van der Waals surface area contributed by atoms with Gasteiger partial charge in [-0.05, 0) is 12.1 Å². The zero-order valence-corrected chi connectivity index (χ0v) is 10.8. The number of anilines is 1. The lowest BCUT2D eigenvalue weighted by Gasteiger charge is -2.02. The molecule has 1 aromatic carbocycles. The van der Waals surface area contributed by atoms with Crippen molar-refractivity contribution >= 4 is 22.5 Å². The Bertz CT molecular complexity index is 729. The number of para-hydroxylation sites is 1. The van der Waals surface area contributed by atoms with E-state index < -0.39 is 0 Å². The number of aromatic nitrogens is 3. The van der Waals surface area contributed by atoms with Crippen LogP contribution in [0.3, 0.4) is 0 Å². The fourth-order valence-electron chi connectivity index (χ4n) is 2.13. The Morgan fingerprint density at radius 2 is 2.30 bits per heavy atom. The van der Waals surface area contributed by atoms with E-state index >= 15 is 0 Å². The number of imidazole rings is 1. The molecular formula is C14H15N5O. The van der Waals surface area contributed by atoms with E-state index in [0.717, 1.165) is 16.6 Å². The largest absolute Gasteiger partial charge is 0.397 e. The highest BCUT2D eigenvalue weighted by Crippen LogP contribution is 2.20. The molecule has 0 fully saturated rings. The average Bonchev–Trinajstić information content (AvgIpc) is 3.07. The van der Waals surface area contributed by atoms with Crippen molar-refractivity contribution in [1.82, 2.24) is 20.3 Å². The van der Waals surface area contributed by atoms with Gasteiger partial charge in [-0.25, -0.2) is 4.98 Å². The van der Waals surface area contributed by atoms with Gasteiger partial charge in [0.25, 0.3) is 5.91 Å². The van der Waals surface area contributed by atoms with Crippen LogP contribution in [0.1, 0.15) is 16.2 Å². The van der Waals surface area contributed by atoms with Crippen LogP contribution in [0.5, 0.6) is 0 Å². The summed E-state index contributed by atoms with van der Waals surface area (Å²) in [7, 11) is 0. The van der Waals surface area contributed by atoms with Crippen molar-refractivity contribution in [3.63, 3.8) is 0 Å². The predicted molar refractivity (Wildman–Crippen MR) is 77.3 cm³/mol. The second-order valence-corrected chi connectivity index (χ2v) is 4.58. The molecule has 6 heteroatoms. The Labute approximate surface area is 115 Å². The van der Waals surface area contributed by atoms with Crippen molar-refractivity contribution in [2.24, 2.45) is 0 Å². The molecule has 6 nitrogen and oxygen atoms in total. The van der Waals surface area contributed by atoms with E-state index in [9.17, 15) is 4.79 Å². The van der Waals surface area contributed by atoms with Crippen LogP contribution in [0.4, 0.5) is 5.69 Å². The molecule has 3 aromatic rings. The molecule has 0 bridgehead atoms. The maximum atomic E-state index is 12.0. The summed E-state index contributed by atoms with van der Waals surface area (Å²) >= 11 is 0. The molecule has 2 heterocycles. The van der Waals surface area contributed by atoms with E-state index in [1.165, 1.54) is 0 Å². The lowest BCUT2D eigenvalue weighted by Crippen LogP contribution is -2.26. The second-order valence-electron chi connectivity index (χ2n) is 4.58. The Balaban J connectivity index is 1.68. The van der Waals surface area contributed by atoms with Gasteiger partial charge in [0.05, 0.1) is 17.5 Å². The molecule has 20 heavy (non-hydrogen) atoms. The molecule has 102 valence electrons. The molecule has 3 rings (SSSR count). The number of aromatic amines is 2. The zero-order valence-electron chi connectivity index (χ0n) is 10.8. The third-order valence-corrected chi connectivity index (χ3v) is 3.17. The third kappa shape index (κ3) is 2.35. The maximum Gasteiger partial charge on any atom is 0.267 e. The summed E-state index contributed by atoms with van der Waals surface area (Å²) in [5, 5.41) is 3.79. The third-order valence-electron chi connectivity index (χ3n) is 3.17. The quantitative estimate of drug-likeness (QED) is 0.539. The van der Waals surface area contributed by atoms with Gasteiger partial charge < -0.3 is 21.0 Å². The van der Waals surface area contributed by atoms with Crippen LogP contribution in [0, 0.1) is 0 Å². The molecule has 2 aromatic heterocycles. The van der Waals surface area contributed by atoms with Gasteiger partial charge in [0.15, 0.2) is 0 Å². The summed E-state index contributed by atoms with van der Waals surface area (Å²) < 4.78 is 0. The van der Waals surface area contributed by atoms with Crippen LogP contribution in [0.2, 0.25) is 0 Å². The number of nitrogens with one attached hydrogen (secondary N) is 3. The molecule has 0 aliphatic heterocycles. The van der Waals surface area contributed by atoms with Crippen LogP contribution in [0.25, 0.3) is 10.9 Å². The number of benzene rings is 1. The van der Waals surface area contributed by atoms with Crippen LogP contribution in [-0.4, -0.2) is 27.4 Å². The van der Waals surface area contributed by atoms with Crippen LogP contribution in [0.15, 0.2) is 36.8 Å². The Morgan fingerprint density at radius 3 is 3.05 bits per heavy atom. The molecular weight excluding hydrogens is 254 g/mol. The number of nitrogens with zero attached hydrogens (tertiary/aromatic N) is 1. The first-order valence-corrected chi connectivity index (χ1v) is 6.37. The van der Waals surface area contributed by atoms with Crippen LogP contribution < -0.4 is 11.1 Å². The summed E-state index contributed by atoms with van der Waals surface area (Å²) in [6.45, 7) is 0.547. The van der Waals surface area contributed by atoms with E-state index in [1.807, 2.05) is 12.1 Å². The van der Waals surface area contributed by atoms with Gasteiger partial charge in [0.1, 0.15) is 5.69 Å². The van der Waals surface area contributed by atoms with Crippen molar-refractivity contribution < 1.29 is 4.79 Å². The van der Waals surface area contributed by atoms with Crippen molar-refractivity contribution in [3.05, 3.63) is 48.2 Å². The number of nitrogen functional groups attached to an aromatic ring is 1. The summed E-state index contributed by atoms with van der Waals surface area (Å²) in [5.41, 5.74) is 8.80. The van der Waals surface area contributed by atoms with E-state index in [0.29, 0.717) is 24.3 Å². The molecule has 0 spiro atoms. The molecule has 5 N–H and O–H groups in total. The average molecular weight is 269 g/mol. The van der Waals surface area contributed by atoms with Gasteiger partial charge in [-0.2, -0.15) is 0 Å². The monoisotopic (exact) mass is 269 g/mol. The Hall–Kier alpha value is -2.76. The topological polar surface area (TPSA) is 99.6 Å². The van der Waals surface area contributed by atoms with Crippen molar-refractivity contribution in [1.29, 1.82) is 0 Å². The molecule has 0 aliphatic rings. The number of carbonyl (C=O) groups excluding carboxylic acids is 1. The lowest BCUT2D eigenvalue weighted by atomic mass is 10.2.